The lowest BCUT2D eigenvalue weighted by Gasteiger charge is -2.23. The van der Waals surface area contributed by atoms with Gasteiger partial charge in [0.2, 0.25) is 0 Å². The second kappa shape index (κ2) is 3.33. The largest absolute Gasteiger partial charge is 0.508 e. The fraction of sp³-hybridized carbons (Fsp3) is 0.364. The van der Waals surface area contributed by atoms with Gasteiger partial charge >= 0.3 is 0 Å². The van der Waals surface area contributed by atoms with Gasteiger partial charge < -0.3 is 10.8 Å². The van der Waals surface area contributed by atoms with Gasteiger partial charge in [-0.3, -0.25) is 5.41 Å². The van der Waals surface area contributed by atoms with Crippen LogP contribution in [0.1, 0.15) is 17.5 Å². The molecule has 0 amide bonds. The van der Waals surface area contributed by atoms with E-state index in [0.29, 0.717) is 5.75 Å². The molecule has 1 atom stereocenters. The number of phenolic OH excluding ortho intramolecular Hbond substituents is 1. The Balaban J connectivity index is 2.29. The highest BCUT2D eigenvalue weighted by Crippen LogP contribution is 2.27. The highest BCUT2D eigenvalue weighted by atomic mass is 16.3. The summed E-state index contributed by atoms with van der Waals surface area (Å²) in [7, 11) is 0. The standard InChI is InChI=1S/C11H14N2O/c12-11(13)8-2-1-7-3-4-10(14)6-9(7)5-8/h3-4,6,8,14H,1-2,5H2,(H3,12,13). The number of rotatable bonds is 1. The van der Waals surface area contributed by atoms with Crippen LogP contribution in [-0.4, -0.2) is 10.9 Å². The zero-order valence-electron chi connectivity index (χ0n) is 7.96. The Bertz CT molecular complexity index is 374. The molecule has 3 nitrogen and oxygen atoms in total. The van der Waals surface area contributed by atoms with Gasteiger partial charge in [0, 0.05) is 5.92 Å². The number of benzene rings is 1. The zero-order valence-corrected chi connectivity index (χ0v) is 7.96. The topological polar surface area (TPSA) is 70.1 Å². The van der Waals surface area contributed by atoms with E-state index < -0.39 is 0 Å². The molecule has 0 aromatic heterocycles. The maximum atomic E-state index is 9.33. The molecular formula is C11H14N2O. The van der Waals surface area contributed by atoms with Crippen LogP contribution in [0.2, 0.25) is 0 Å². The molecule has 0 fully saturated rings. The van der Waals surface area contributed by atoms with E-state index in [-0.39, 0.29) is 11.8 Å². The number of phenols is 1. The molecule has 0 heterocycles. The third-order valence-corrected chi connectivity index (χ3v) is 2.86. The summed E-state index contributed by atoms with van der Waals surface area (Å²) in [4.78, 5) is 0. The van der Waals surface area contributed by atoms with Crippen molar-refractivity contribution < 1.29 is 5.11 Å². The number of fused-ring (bicyclic) bond motifs is 1. The summed E-state index contributed by atoms with van der Waals surface area (Å²) in [6.07, 6.45) is 2.70. The van der Waals surface area contributed by atoms with Crippen molar-refractivity contribution >= 4 is 5.84 Å². The molecule has 0 saturated carbocycles. The molecule has 1 aromatic rings. The minimum Gasteiger partial charge on any atom is -0.508 e. The first-order valence-electron chi connectivity index (χ1n) is 4.81. The van der Waals surface area contributed by atoms with Crippen molar-refractivity contribution in [3.05, 3.63) is 29.3 Å². The van der Waals surface area contributed by atoms with Gasteiger partial charge in [0.15, 0.2) is 0 Å². The van der Waals surface area contributed by atoms with Crippen LogP contribution in [0.25, 0.3) is 0 Å². The van der Waals surface area contributed by atoms with Crippen LogP contribution in [0.4, 0.5) is 0 Å². The van der Waals surface area contributed by atoms with Gasteiger partial charge in [-0.15, -0.1) is 0 Å². The van der Waals surface area contributed by atoms with Crippen LogP contribution in [-0.2, 0) is 12.8 Å². The van der Waals surface area contributed by atoms with Gasteiger partial charge in [0.05, 0.1) is 5.84 Å². The second-order valence-corrected chi connectivity index (χ2v) is 3.85. The van der Waals surface area contributed by atoms with E-state index in [1.165, 1.54) is 5.56 Å². The molecule has 14 heavy (non-hydrogen) atoms. The van der Waals surface area contributed by atoms with E-state index >= 15 is 0 Å². The summed E-state index contributed by atoms with van der Waals surface area (Å²) in [6.45, 7) is 0. The normalized spacial score (nSPS) is 20.1. The summed E-state index contributed by atoms with van der Waals surface area (Å²) >= 11 is 0. The smallest absolute Gasteiger partial charge is 0.115 e. The fourth-order valence-electron chi connectivity index (χ4n) is 2.01. The summed E-state index contributed by atoms with van der Waals surface area (Å²) < 4.78 is 0. The summed E-state index contributed by atoms with van der Waals surface area (Å²) in [5.41, 5.74) is 7.90. The van der Waals surface area contributed by atoms with Gasteiger partial charge in [-0.05, 0) is 42.5 Å². The van der Waals surface area contributed by atoms with E-state index in [4.69, 9.17) is 11.1 Å². The molecule has 0 bridgehead atoms. The molecule has 1 aliphatic rings. The third-order valence-electron chi connectivity index (χ3n) is 2.86. The van der Waals surface area contributed by atoms with Crippen molar-refractivity contribution in [2.24, 2.45) is 11.7 Å². The Morgan fingerprint density at radius 2 is 2.21 bits per heavy atom. The molecule has 2 rings (SSSR count). The lowest BCUT2D eigenvalue weighted by Crippen LogP contribution is -2.27. The molecule has 3 heteroatoms. The van der Waals surface area contributed by atoms with Crippen molar-refractivity contribution in [3.63, 3.8) is 0 Å². The monoisotopic (exact) mass is 190 g/mol. The van der Waals surface area contributed by atoms with Crippen LogP contribution in [0.5, 0.6) is 5.75 Å². The first-order chi connectivity index (χ1) is 6.66. The number of amidine groups is 1. The predicted octanol–water partition coefficient (Wildman–Crippen LogP) is 1.43. The summed E-state index contributed by atoms with van der Waals surface area (Å²) in [6, 6.07) is 5.46. The van der Waals surface area contributed by atoms with E-state index in [2.05, 4.69) is 0 Å². The number of hydrogen-bond acceptors (Lipinski definition) is 2. The van der Waals surface area contributed by atoms with E-state index in [1.54, 1.807) is 12.1 Å². The number of aryl methyl sites for hydroxylation is 1. The molecule has 0 radical (unpaired) electrons. The van der Waals surface area contributed by atoms with Crippen LogP contribution < -0.4 is 5.73 Å². The molecule has 74 valence electrons. The van der Waals surface area contributed by atoms with Crippen molar-refractivity contribution in [1.82, 2.24) is 0 Å². The Morgan fingerprint density at radius 1 is 1.43 bits per heavy atom. The lowest BCUT2D eigenvalue weighted by atomic mass is 9.83. The number of nitrogens with one attached hydrogen (secondary N) is 1. The van der Waals surface area contributed by atoms with Crippen molar-refractivity contribution in [1.29, 1.82) is 5.41 Å². The third kappa shape index (κ3) is 1.58. The summed E-state index contributed by atoms with van der Waals surface area (Å²) in [5.74, 6) is 0.719. The van der Waals surface area contributed by atoms with Crippen LogP contribution in [0.3, 0.4) is 0 Å². The zero-order chi connectivity index (χ0) is 10.1. The fourth-order valence-corrected chi connectivity index (χ4v) is 2.01. The highest BCUT2D eigenvalue weighted by Gasteiger charge is 2.20. The molecular weight excluding hydrogens is 176 g/mol. The average molecular weight is 190 g/mol. The van der Waals surface area contributed by atoms with Crippen LogP contribution >= 0.6 is 0 Å². The molecule has 1 unspecified atom stereocenters. The molecule has 4 N–H and O–H groups in total. The summed E-state index contributed by atoms with van der Waals surface area (Å²) in [5, 5.41) is 16.7. The Kier molecular flexibility index (Phi) is 2.15. The minimum atomic E-state index is 0.157. The van der Waals surface area contributed by atoms with Gasteiger partial charge in [0.1, 0.15) is 5.75 Å². The average Bonchev–Trinajstić information content (AvgIpc) is 2.16. The maximum Gasteiger partial charge on any atom is 0.115 e. The Hall–Kier alpha value is -1.51. The molecule has 1 aliphatic carbocycles. The Morgan fingerprint density at radius 3 is 2.93 bits per heavy atom. The van der Waals surface area contributed by atoms with Crippen molar-refractivity contribution in [2.45, 2.75) is 19.3 Å². The number of aromatic hydroxyl groups is 1. The van der Waals surface area contributed by atoms with Crippen LogP contribution in [0.15, 0.2) is 18.2 Å². The predicted molar refractivity (Wildman–Crippen MR) is 55.5 cm³/mol. The van der Waals surface area contributed by atoms with Crippen molar-refractivity contribution in [2.75, 3.05) is 0 Å². The van der Waals surface area contributed by atoms with E-state index in [9.17, 15) is 5.11 Å². The quantitative estimate of drug-likeness (QED) is 0.463. The molecule has 0 aliphatic heterocycles. The molecule has 0 saturated heterocycles. The first-order valence-corrected chi connectivity index (χ1v) is 4.81. The van der Waals surface area contributed by atoms with Gasteiger partial charge in [-0.2, -0.15) is 0 Å². The SMILES string of the molecule is N=C(N)C1CCc2ccc(O)cc2C1. The maximum absolute atomic E-state index is 9.33. The van der Waals surface area contributed by atoms with Crippen molar-refractivity contribution in [3.8, 4) is 5.75 Å². The first kappa shape index (κ1) is 9.06. The van der Waals surface area contributed by atoms with Crippen LogP contribution in [0, 0.1) is 11.3 Å². The Labute approximate surface area is 83.1 Å². The molecule has 1 aromatic carbocycles. The molecule has 0 spiro atoms. The number of nitrogens with two attached hydrogens (primary N) is 1. The van der Waals surface area contributed by atoms with Gasteiger partial charge in [0.25, 0.3) is 0 Å². The second-order valence-electron chi connectivity index (χ2n) is 3.85. The van der Waals surface area contributed by atoms with Gasteiger partial charge in [-0.25, -0.2) is 0 Å². The number of hydrogen-bond donors (Lipinski definition) is 3. The lowest BCUT2D eigenvalue weighted by molar-refractivity contribution is 0.471. The minimum absolute atomic E-state index is 0.157. The van der Waals surface area contributed by atoms with E-state index in [1.807, 2.05) is 6.07 Å². The van der Waals surface area contributed by atoms with Gasteiger partial charge in [-0.1, -0.05) is 6.07 Å². The van der Waals surface area contributed by atoms with E-state index in [0.717, 1.165) is 24.8 Å². The highest BCUT2D eigenvalue weighted by molar-refractivity contribution is 5.80.